The van der Waals surface area contributed by atoms with E-state index >= 15 is 0 Å². The van der Waals surface area contributed by atoms with Gasteiger partial charge in [0.2, 0.25) is 10.0 Å². The van der Waals surface area contributed by atoms with Crippen LogP contribution in [-0.4, -0.2) is 44.5 Å². The summed E-state index contributed by atoms with van der Waals surface area (Å²) >= 11 is 0.636. The van der Waals surface area contributed by atoms with Crippen LogP contribution in [0, 0.1) is 5.82 Å². The van der Waals surface area contributed by atoms with Crippen LogP contribution in [0.2, 0.25) is 0 Å². The minimum absolute atomic E-state index is 0.0168. The number of nitrogens with zero attached hydrogens (tertiary/aromatic N) is 1. The van der Waals surface area contributed by atoms with E-state index < -0.39 is 26.8 Å². The van der Waals surface area contributed by atoms with Crippen LogP contribution in [-0.2, 0) is 20.7 Å². The molecule has 0 unspecified atom stereocenters. The summed E-state index contributed by atoms with van der Waals surface area (Å²) in [5.41, 5.74) is 0.190. The van der Waals surface area contributed by atoms with E-state index in [1.54, 1.807) is 6.92 Å². The number of fused-ring (bicyclic) bond motifs is 1. The number of aromatic nitrogens is 1. The lowest BCUT2D eigenvalue weighted by Gasteiger charge is -2.29. The Labute approximate surface area is 177 Å². The topological polar surface area (TPSA) is 77.5 Å². The van der Waals surface area contributed by atoms with Crippen LogP contribution in [0.1, 0.15) is 44.5 Å². The average molecular weight is 467 g/mol. The molecule has 1 fully saturated rings. The van der Waals surface area contributed by atoms with Crippen molar-refractivity contribution in [2.45, 2.75) is 63.7 Å². The Bertz CT molecular complexity index is 984. The highest BCUT2D eigenvalue weighted by atomic mass is 32.2. The van der Waals surface area contributed by atoms with E-state index in [0.29, 0.717) is 37.0 Å². The SMILES string of the molecule is C[C@@H](COC1CCC(Oc2ccc3nc(C(C)(F)F)sc3c2F)CC1)NS(C)(=O)=O. The van der Waals surface area contributed by atoms with Crippen LogP contribution in [0.4, 0.5) is 13.2 Å². The zero-order valence-electron chi connectivity index (χ0n) is 17.0. The fourth-order valence-corrected chi connectivity index (χ4v) is 5.12. The van der Waals surface area contributed by atoms with Gasteiger partial charge in [-0.25, -0.2) is 22.5 Å². The molecule has 0 bridgehead atoms. The summed E-state index contributed by atoms with van der Waals surface area (Å²) in [6.07, 6.45) is 3.58. The Morgan fingerprint density at radius 2 is 1.90 bits per heavy atom. The third-order valence-electron chi connectivity index (χ3n) is 4.75. The maximum atomic E-state index is 14.8. The van der Waals surface area contributed by atoms with E-state index in [2.05, 4.69) is 9.71 Å². The van der Waals surface area contributed by atoms with Gasteiger partial charge in [-0.1, -0.05) is 0 Å². The predicted octanol–water partition coefficient (Wildman–Crippen LogP) is 4.19. The van der Waals surface area contributed by atoms with Crippen LogP contribution in [0.3, 0.4) is 0 Å². The molecule has 3 rings (SSSR count). The minimum Gasteiger partial charge on any atom is -0.487 e. The molecule has 168 valence electrons. The smallest absolute Gasteiger partial charge is 0.296 e. The first kappa shape index (κ1) is 23.2. The maximum absolute atomic E-state index is 14.8. The number of hydrogen-bond acceptors (Lipinski definition) is 6. The highest BCUT2D eigenvalue weighted by Crippen LogP contribution is 2.38. The van der Waals surface area contributed by atoms with Crippen molar-refractivity contribution in [1.82, 2.24) is 9.71 Å². The summed E-state index contributed by atoms with van der Waals surface area (Å²) in [5.74, 6) is -3.75. The van der Waals surface area contributed by atoms with Gasteiger partial charge in [0.15, 0.2) is 16.6 Å². The Hall–Kier alpha value is -1.43. The van der Waals surface area contributed by atoms with Crippen LogP contribution in [0.15, 0.2) is 12.1 Å². The molecule has 30 heavy (non-hydrogen) atoms. The summed E-state index contributed by atoms with van der Waals surface area (Å²) < 4.78 is 78.2. The molecule has 1 atom stereocenters. The third kappa shape index (κ3) is 6.05. The van der Waals surface area contributed by atoms with E-state index in [1.165, 1.54) is 12.1 Å². The maximum Gasteiger partial charge on any atom is 0.296 e. The molecule has 1 aliphatic carbocycles. The van der Waals surface area contributed by atoms with Crippen LogP contribution < -0.4 is 9.46 Å². The van der Waals surface area contributed by atoms with Crippen molar-refractivity contribution in [2.24, 2.45) is 0 Å². The molecular weight excluding hydrogens is 441 g/mol. The minimum atomic E-state index is -3.28. The van der Waals surface area contributed by atoms with Gasteiger partial charge in [-0.3, -0.25) is 0 Å². The molecule has 1 heterocycles. The highest BCUT2D eigenvalue weighted by Gasteiger charge is 2.30. The molecule has 1 N–H and O–H groups in total. The normalized spacial score (nSPS) is 21.7. The van der Waals surface area contributed by atoms with Crippen LogP contribution in [0.25, 0.3) is 10.2 Å². The quantitative estimate of drug-likeness (QED) is 0.631. The number of hydrogen-bond donors (Lipinski definition) is 1. The lowest BCUT2D eigenvalue weighted by molar-refractivity contribution is -0.00323. The molecule has 0 spiro atoms. The van der Waals surface area contributed by atoms with Gasteiger partial charge >= 0.3 is 0 Å². The average Bonchev–Trinajstić information content (AvgIpc) is 3.08. The van der Waals surface area contributed by atoms with Gasteiger partial charge in [-0.15, -0.1) is 11.3 Å². The van der Waals surface area contributed by atoms with Gasteiger partial charge in [-0.05, 0) is 44.7 Å². The van der Waals surface area contributed by atoms with Gasteiger partial charge in [0, 0.05) is 13.0 Å². The summed E-state index contributed by atoms with van der Waals surface area (Å²) in [6.45, 7) is 2.73. The van der Waals surface area contributed by atoms with Crippen LogP contribution >= 0.6 is 11.3 Å². The van der Waals surface area contributed by atoms with Crippen molar-refractivity contribution >= 4 is 31.6 Å². The zero-order chi connectivity index (χ0) is 22.1. The van der Waals surface area contributed by atoms with Crippen LogP contribution in [0.5, 0.6) is 5.75 Å². The molecular formula is C19H25F3N2O4S2. The summed E-state index contributed by atoms with van der Waals surface area (Å²) in [4.78, 5) is 3.81. The first-order valence-corrected chi connectivity index (χ1v) is 12.4. The summed E-state index contributed by atoms with van der Waals surface area (Å²) in [6, 6.07) is 2.59. The monoisotopic (exact) mass is 466 g/mol. The number of nitrogens with one attached hydrogen (secondary N) is 1. The predicted molar refractivity (Wildman–Crippen MR) is 109 cm³/mol. The van der Waals surface area contributed by atoms with E-state index in [4.69, 9.17) is 9.47 Å². The van der Waals surface area contributed by atoms with Crippen molar-refractivity contribution in [3.63, 3.8) is 0 Å². The highest BCUT2D eigenvalue weighted by molar-refractivity contribution is 7.88. The van der Waals surface area contributed by atoms with E-state index in [1.807, 2.05) is 0 Å². The first-order chi connectivity index (χ1) is 13.9. The molecule has 1 aliphatic rings. The van der Waals surface area contributed by atoms with E-state index in [9.17, 15) is 21.6 Å². The second-order valence-electron chi connectivity index (χ2n) is 7.77. The van der Waals surface area contributed by atoms with Gasteiger partial charge in [0.25, 0.3) is 5.92 Å². The molecule has 0 aliphatic heterocycles. The lowest BCUT2D eigenvalue weighted by atomic mass is 9.95. The first-order valence-electron chi connectivity index (χ1n) is 9.65. The van der Waals surface area contributed by atoms with Crippen molar-refractivity contribution in [2.75, 3.05) is 12.9 Å². The Morgan fingerprint density at radius 1 is 1.27 bits per heavy atom. The molecule has 0 saturated heterocycles. The number of benzene rings is 1. The van der Waals surface area contributed by atoms with Gasteiger partial charge in [0.05, 0.1) is 35.3 Å². The van der Waals surface area contributed by atoms with Crippen molar-refractivity contribution in [3.05, 3.63) is 23.0 Å². The molecule has 1 aromatic heterocycles. The fourth-order valence-electron chi connectivity index (χ4n) is 3.40. The van der Waals surface area contributed by atoms with E-state index in [0.717, 1.165) is 13.2 Å². The van der Waals surface area contributed by atoms with Gasteiger partial charge in [-0.2, -0.15) is 8.78 Å². The molecule has 0 radical (unpaired) electrons. The zero-order valence-corrected chi connectivity index (χ0v) is 18.6. The Balaban J connectivity index is 1.55. The number of alkyl halides is 2. The van der Waals surface area contributed by atoms with Gasteiger partial charge in [0.1, 0.15) is 0 Å². The van der Waals surface area contributed by atoms with Crippen molar-refractivity contribution < 1.29 is 31.1 Å². The largest absolute Gasteiger partial charge is 0.487 e. The number of halogens is 3. The van der Waals surface area contributed by atoms with Crippen molar-refractivity contribution in [1.29, 1.82) is 0 Å². The molecule has 0 amide bonds. The molecule has 1 aromatic carbocycles. The molecule has 6 nitrogen and oxygen atoms in total. The molecule has 2 aromatic rings. The van der Waals surface area contributed by atoms with E-state index in [-0.39, 0.29) is 40.8 Å². The Morgan fingerprint density at radius 3 is 2.50 bits per heavy atom. The second kappa shape index (κ2) is 8.97. The standard InChI is InChI=1S/C19H25F3N2O4S2/c1-11(24-30(3,25)26)10-27-12-4-6-13(7-5-12)28-15-9-8-14-17(16(15)20)29-18(23-14)19(2,21)22/h8-9,11-13,24H,4-7,10H2,1-3H3/t11-,12?,13?/m0/s1. The molecule has 1 saturated carbocycles. The number of rotatable bonds is 8. The fraction of sp³-hybridized carbons (Fsp3) is 0.632. The van der Waals surface area contributed by atoms with Gasteiger partial charge < -0.3 is 9.47 Å². The second-order valence-corrected chi connectivity index (χ2v) is 10.6. The lowest BCUT2D eigenvalue weighted by Crippen LogP contribution is -2.37. The number of sulfonamides is 1. The number of ether oxygens (including phenoxy) is 2. The number of thiazole rings is 1. The summed E-state index contributed by atoms with van der Waals surface area (Å²) in [5, 5.41) is -0.425. The molecule has 11 heteroatoms. The third-order valence-corrected chi connectivity index (χ3v) is 6.82. The summed E-state index contributed by atoms with van der Waals surface area (Å²) in [7, 11) is -3.28. The Kier molecular flexibility index (Phi) is 6.95. The van der Waals surface area contributed by atoms with Crippen molar-refractivity contribution in [3.8, 4) is 5.75 Å².